The van der Waals surface area contributed by atoms with Gasteiger partial charge in [-0.15, -0.1) is 11.3 Å². The van der Waals surface area contributed by atoms with Crippen molar-refractivity contribution in [1.29, 1.82) is 0 Å². The van der Waals surface area contributed by atoms with E-state index in [0.717, 1.165) is 0 Å². The lowest BCUT2D eigenvalue weighted by atomic mass is 10.1. The van der Waals surface area contributed by atoms with Crippen molar-refractivity contribution in [3.63, 3.8) is 0 Å². The summed E-state index contributed by atoms with van der Waals surface area (Å²) in [5.41, 5.74) is 1.36. The maximum absolute atomic E-state index is 3.51. The molecule has 1 heterocycles. The molecule has 0 unspecified atom stereocenters. The van der Waals surface area contributed by atoms with E-state index in [4.69, 9.17) is 0 Å². The van der Waals surface area contributed by atoms with Crippen LogP contribution >= 0.6 is 27.3 Å². The van der Waals surface area contributed by atoms with E-state index in [1.54, 1.807) is 11.3 Å². The molecule has 0 nitrogen and oxygen atoms in total. The average Bonchev–Trinajstić information content (AvgIpc) is 2.46. The standard InChI is InChI=1S/C10H14BrS/c1-2-3-4-5-6-9-7-12-8-10(9)11/h8H,2-6H2,1H3. The number of thiophene rings is 1. The van der Waals surface area contributed by atoms with E-state index in [0.29, 0.717) is 0 Å². The van der Waals surface area contributed by atoms with Crippen LogP contribution in [0.25, 0.3) is 0 Å². The predicted octanol–water partition coefficient (Wildman–Crippen LogP) is 4.43. The first-order valence-electron chi connectivity index (χ1n) is 4.48. The van der Waals surface area contributed by atoms with Gasteiger partial charge in [0.25, 0.3) is 0 Å². The number of rotatable bonds is 5. The van der Waals surface area contributed by atoms with Crippen LogP contribution in [0.2, 0.25) is 0 Å². The highest BCUT2D eigenvalue weighted by molar-refractivity contribution is 9.10. The highest BCUT2D eigenvalue weighted by Gasteiger charge is 1.99. The van der Waals surface area contributed by atoms with Crippen LogP contribution in [0.15, 0.2) is 9.85 Å². The quantitative estimate of drug-likeness (QED) is 0.674. The molecule has 0 aromatic carbocycles. The Bertz CT molecular complexity index is 217. The van der Waals surface area contributed by atoms with Crippen molar-refractivity contribution in [3.05, 3.63) is 20.8 Å². The second kappa shape index (κ2) is 5.76. The molecule has 0 aliphatic heterocycles. The maximum Gasteiger partial charge on any atom is 0.0489 e. The fourth-order valence-electron chi connectivity index (χ4n) is 1.17. The zero-order chi connectivity index (χ0) is 8.81. The van der Waals surface area contributed by atoms with Gasteiger partial charge in [-0.3, -0.25) is 0 Å². The Hall–Kier alpha value is 0.180. The highest BCUT2D eigenvalue weighted by atomic mass is 79.9. The van der Waals surface area contributed by atoms with Gasteiger partial charge in [0.05, 0.1) is 0 Å². The van der Waals surface area contributed by atoms with Gasteiger partial charge < -0.3 is 0 Å². The van der Waals surface area contributed by atoms with Crippen molar-refractivity contribution >= 4 is 27.3 Å². The summed E-state index contributed by atoms with van der Waals surface area (Å²) in [6.45, 7) is 2.24. The molecule has 0 aliphatic carbocycles. The van der Waals surface area contributed by atoms with Gasteiger partial charge in [-0.05, 0) is 34.3 Å². The van der Waals surface area contributed by atoms with E-state index >= 15 is 0 Å². The van der Waals surface area contributed by atoms with Gasteiger partial charge in [0.1, 0.15) is 0 Å². The molecule has 1 radical (unpaired) electrons. The lowest BCUT2D eigenvalue weighted by Gasteiger charge is -1.97. The monoisotopic (exact) mass is 245 g/mol. The van der Waals surface area contributed by atoms with Crippen molar-refractivity contribution in [2.24, 2.45) is 0 Å². The van der Waals surface area contributed by atoms with E-state index in [9.17, 15) is 0 Å². The van der Waals surface area contributed by atoms with Gasteiger partial charge in [0.2, 0.25) is 0 Å². The molecule has 0 saturated heterocycles. The first-order chi connectivity index (χ1) is 5.84. The fourth-order valence-corrected chi connectivity index (χ4v) is 2.54. The number of unbranched alkanes of at least 4 members (excludes halogenated alkanes) is 3. The molecular formula is C10H14BrS. The number of aryl methyl sites for hydroxylation is 1. The van der Waals surface area contributed by atoms with Crippen molar-refractivity contribution < 1.29 is 0 Å². The zero-order valence-corrected chi connectivity index (χ0v) is 9.80. The minimum absolute atomic E-state index is 1.18. The Labute approximate surface area is 87.1 Å². The second-order valence-corrected chi connectivity index (χ2v) is 4.50. The molecule has 67 valence electrons. The van der Waals surface area contributed by atoms with Crippen molar-refractivity contribution in [3.8, 4) is 0 Å². The van der Waals surface area contributed by atoms with Crippen molar-refractivity contribution in [2.45, 2.75) is 39.0 Å². The van der Waals surface area contributed by atoms with E-state index in [-0.39, 0.29) is 0 Å². The van der Waals surface area contributed by atoms with Crippen molar-refractivity contribution in [2.75, 3.05) is 0 Å². The lowest BCUT2D eigenvalue weighted by molar-refractivity contribution is 0.666. The summed E-state index contributed by atoms with van der Waals surface area (Å²) in [5, 5.41) is 5.38. The van der Waals surface area contributed by atoms with Crippen LogP contribution in [0.3, 0.4) is 0 Å². The fraction of sp³-hybridized carbons (Fsp3) is 0.600. The van der Waals surface area contributed by atoms with Crippen LogP contribution in [-0.4, -0.2) is 0 Å². The molecule has 0 saturated carbocycles. The third-order valence-corrected chi connectivity index (χ3v) is 3.64. The van der Waals surface area contributed by atoms with Crippen molar-refractivity contribution in [1.82, 2.24) is 0 Å². The Morgan fingerprint density at radius 2 is 2.25 bits per heavy atom. The first-order valence-corrected chi connectivity index (χ1v) is 6.15. The minimum atomic E-state index is 1.18. The van der Waals surface area contributed by atoms with Crippen LogP contribution in [-0.2, 0) is 6.42 Å². The van der Waals surface area contributed by atoms with E-state index in [1.165, 1.54) is 42.1 Å². The second-order valence-electron chi connectivity index (χ2n) is 2.97. The van der Waals surface area contributed by atoms with Crippen LogP contribution < -0.4 is 0 Å². The van der Waals surface area contributed by atoms with Gasteiger partial charge in [0, 0.05) is 15.2 Å². The van der Waals surface area contributed by atoms with Crippen LogP contribution in [0.5, 0.6) is 0 Å². The lowest BCUT2D eigenvalue weighted by Crippen LogP contribution is -1.83. The molecule has 1 rings (SSSR count). The molecule has 0 bridgehead atoms. The number of hydrogen-bond acceptors (Lipinski definition) is 1. The minimum Gasteiger partial charge on any atom is -0.141 e. The molecule has 0 atom stereocenters. The van der Waals surface area contributed by atoms with Crippen LogP contribution in [0.1, 0.15) is 38.2 Å². The summed E-state index contributed by atoms with van der Waals surface area (Å²) in [7, 11) is 0. The van der Waals surface area contributed by atoms with Gasteiger partial charge in [-0.2, -0.15) is 0 Å². The third kappa shape index (κ3) is 3.28. The Kier molecular flexibility index (Phi) is 4.93. The normalized spacial score (nSPS) is 10.5. The summed E-state index contributed by atoms with van der Waals surface area (Å²) in [5.74, 6) is 0. The molecule has 2 heteroatoms. The molecular weight excluding hydrogens is 232 g/mol. The average molecular weight is 246 g/mol. The van der Waals surface area contributed by atoms with Gasteiger partial charge in [-0.1, -0.05) is 26.2 Å². The van der Waals surface area contributed by atoms with Crippen LogP contribution in [0.4, 0.5) is 0 Å². The predicted molar refractivity (Wildman–Crippen MR) is 58.7 cm³/mol. The molecule has 0 fully saturated rings. The number of hydrogen-bond donors (Lipinski definition) is 0. The Morgan fingerprint density at radius 1 is 1.42 bits per heavy atom. The SMILES string of the molecule is CCCCCCc1[c]scc1Br. The maximum atomic E-state index is 3.51. The summed E-state index contributed by atoms with van der Waals surface area (Å²) in [6, 6.07) is 0. The molecule has 1 aromatic heterocycles. The summed E-state index contributed by atoms with van der Waals surface area (Å²) in [4.78, 5) is 0. The smallest absolute Gasteiger partial charge is 0.0489 e. The van der Waals surface area contributed by atoms with E-state index in [1.807, 2.05) is 0 Å². The number of halogens is 1. The van der Waals surface area contributed by atoms with Crippen LogP contribution in [0, 0.1) is 5.38 Å². The highest BCUT2D eigenvalue weighted by Crippen LogP contribution is 2.22. The largest absolute Gasteiger partial charge is 0.141 e. The van der Waals surface area contributed by atoms with E-state index in [2.05, 4.69) is 33.6 Å². The molecule has 0 aliphatic rings. The van der Waals surface area contributed by atoms with Gasteiger partial charge in [0.15, 0.2) is 0 Å². The zero-order valence-electron chi connectivity index (χ0n) is 7.40. The van der Waals surface area contributed by atoms with Gasteiger partial charge in [-0.25, -0.2) is 0 Å². The summed E-state index contributed by atoms with van der Waals surface area (Å²) >= 11 is 5.17. The summed E-state index contributed by atoms with van der Waals surface area (Å²) < 4.78 is 1.24. The topological polar surface area (TPSA) is 0 Å². The molecule has 12 heavy (non-hydrogen) atoms. The Morgan fingerprint density at radius 3 is 2.83 bits per heavy atom. The first kappa shape index (κ1) is 10.3. The molecule has 0 N–H and O–H groups in total. The third-order valence-electron chi connectivity index (χ3n) is 1.91. The molecule has 0 spiro atoms. The molecule has 1 aromatic rings. The van der Waals surface area contributed by atoms with E-state index < -0.39 is 0 Å². The Balaban J connectivity index is 2.20. The summed E-state index contributed by atoms with van der Waals surface area (Å²) in [6.07, 6.45) is 6.52. The van der Waals surface area contributed by atoms with Gasteiger partial charge >= 0.3 is 0 Å². The molecule has 0 amide bonds.